The van der Waals surface area contributed by atoms with Crippen molar-refractivity contribution in [2.75, 3.05) is 13.2 Å². The standard InChI is InChI=1S/C5H12N2O3/c1-4(3-10-9)7-5(8)2-6/h4,9H,2-3,6H2,1H3,(H,7,8). The van der Waals surface area contributed by atoms with Crippen molar-refractivity contribution in [1.29, 1.82) is 0 Å². The minimum absolute atomic E-state index is 0.0459. The zero-order chi connectivity index (χ0) is 7.98. The molecule has 4 N–H and O–H groups in total. The van der Waals surface area contributed by atoms with Crippen LogP contribution in [0.1, 0.15) is 6.92 Å². The van der Waals surface area contributed by atoms with Crippen LogP contribution >= 0.6 is 0 Å². The topological polar surface area (TPSA) is 84.6 Å². The first kappa shape index (κ1) is 9.35. The van der Waals surface area contributed by atoms with Gasteiger partial charge in [-0.15, -0.1) is 0 Å². The van der Waals surface area contributed by atoms with E-state index >= 15 is 0 Å². The molecule has 0 aromatic heterocycles. The highest BCUT2D eigenvalue weighted by atomic mass is 17.1. The highest BCUT2D eigenvalue weighted by molar-refractivity contribution is 5.77. The van der Waals surface area contributed by atoms with Crippen LogP contribution in [0.3, 0.4) is 0 Å². The third-order valence-corrected chi connectivity index (χ3v) is 0.917. The maximum absolute atomic E-state index is 10.5. The molecule has 0 saturated heterocycles. The zero-order valence-electron chi connectivity index (χ0n) is 5.83. The van der Waals surface area contributed by atoms with E-state index in [0.29, 0.717) is 0 Å². The molecule has 0 spiro atoms. The van der Waals surface area contributed by atoms with Gasteiger partial charge in [-0.2, -0.15) is 0 Å². The summed E-state index contributed by atoms with van der Waals surface area (Å²) in [6, 6.07) is -0.207. The Morgan fingerprint density at radius 1 is 1.90 bits per heavy atom. The lowest BCUT2D eigenvalue weighted by atomic mass is 10.3. The normalized spacial score (nSPS) is 12.7. The van der Waals surface area contributed by atoms with E-state index in [9.17, 15) is 4.79 Å². The molecule has 0 aromatic carbocycles. The second-order valence-electron chi connectivity index (χ2n) is 1.97. The summed E-state index contributed by atoms with van der Waals surface area (Å²) >= 11 is 0. The summed E-state index contributed by atoms with van der Waals surface area (Å²) in [5.74, 6) is -0.260. The van der Waals surface area contributed by atoms with Crippen LogP contribution in [-0.4, -0.2) is 30.4 Å². The largest absolute Gasteiger partial charge is 0.350 e. The minimum Gasteiger partial charge on any atom is -0.350 e. The van der Waals surface area contributed by atoms with Crippen LogP contribution in [0.5, 0.6) is 0 Å². The van der Waals surface area contributed by atoms with E-state index in [1.807, 2.05) is 0 Å². The summed E-state index contributed by atoms with van der Waals surface area (Å²) < 4.78 is 0. The van der Waals surface area contributed by atoms with Crippen LogP contribution in [-0.2, 0) is 9.68 Å². The molecule has 0 heterocycles. The van der Waals surface area contributed by atoms with E-state index in [2.05, 4.69) is 10.2 Å². The van der Waals surface area contributed by atoms with Crippen LogP contribution in [0.4, 0.5) is 0 Å². The van der Waals surface area contributed by atoms with Gasteiger partial charge in [-0.3, -0.25) is 10.1 Å². The molecule has 5 nitrogen and oxygen atoms in total. The Kier molecular flexibility index (Phi) is 4.82. The van der Waals surface area contributed by atoms with Crippen molar-refractivity contribution >= 4 is 5.91 Å². The van der Waals surface area contributed by atoms with Gasteiger partial charge < -0.3 is 11.1 Å². The number of rotatable bonds is 4. The first-order valence-corrected chi connectivity index (χ1v) is 2.96. The number of hydrogen-bond donors (Lipinski definition) is 3. The summed E-state index contributed by atoms with van der Waals surface area (Å²) in [5, 5.41) is 10.4. The molecule has 0 aliphatic carbocycles. The summed E-state index contributed by atoms with van der Waals surface area (Å²) in [6.45, 7) is 1.73. The number of amides is 1. The predicted octanol–water partition coefficient (Wildman–Crippen LogP) is -1.06. The fraction of sp³-hybridized carbons (Fsp3) is 0.800. The lowest BCUT2D eigenvalue weighted by Gasteiger charge is -2.09. The number of nitrogens with two attached hydrogens (primary N) is 1. The molecule has 0 aliphatic heterocycles. The van der Waals surface area contributed by atoms with Gasteiger partial charge in [0.15, 0.2) is 0 Å². The van der Waals surface area contributed by atoms with E-state index in [1.54, 1.807) is 6.92 Å². The van der Waals surface area contributed by atoms with Gasteiger partial charge >= 0.3 is 0 Å². The van der Waals surface area contributed by atoms with Crippen molar-refractivity contribution < 1.29 is 14.9 Å². The summed E-state index contributed by atoms with van der Waals surface area (Å²) in [4.78, 5) is 14.3. The van der Waals surface area contributed by atoms with Gasteiger partial charge in [0.25, 0.3) is 0 Å². The number of carbonyl (C=O) groups is 1. The Bertz CT molecular complexity index is 107. The SMILES string of the molecule is CC(COO)NC(=O)CN. The number of nitrogens with one attached hydrogen (secondary N) is 1. The Hall–Kier alpha value is -0.650. The Balaban J connectivity index is 3.37. The summed E-state index contributed by atoms with van der Waals surface area (Å²) in [6.07, 6.45) is 0. The molecule has 1 atom stereocenters. The van der Waals surface area contributed by atoms with Crippen molar-refractivity contribution in [2.45, 2.75) is 13.0 Å². The fourth-order valence-electron chi connectivity index (χ4n) is 0.487. The molecular weight excluding hydrogens is 136 g/mol. The van der Waals surface area contributed by atoms with Gasteiger partial charge in [0, 0.05) is 0 Å². The molecule has 0 rings (SSSR count). The average molecular weight is 148 g/mol. The lowest BCUT2D eigenvalue weighted by Crippen LogP contribution is -2.39. The molecule has 5 heteroatoms. The first-order valence-electron chi connectivity index (χ1n) is 2.96. The summed E-state index contributed by atoms with van der Waals surface area (Å²) in [5.41, 5.74) is 5.00. The Morgan fingerprint density at radius 2 is 2.50 bits per heavy atom. The molecule has 1 amide bonds. The maximum Gasteiger partial charge on any atom is 0.234 e. The van der Waals surface area contributed by atoms with Crippen molar-refractivity contribution in [3.8, 4) is 0 Å². The van der Waals surface area contributed by atoms with E-state index in [0.717, 1.165) is 0 Å². The molecule has 60 valence electrons. The van der Waals surface area contributed by atoms with Gasteiger partial charge in [0.2, 0.25) is 5.91 Å². The van der Waals surface area contributed by atoms with Gasteiger partial charge in [-0.05, 0) is 6.92 Å². The minimum atomic E-state index is -0.260. The highest BCUT2D eigenvalue weighted by Gasteiger charge is 2.03. The van der Waals surface area contributed by atoms with Crippen molar-refractivity contribution in [3.05, 3.63) is 0 Å². The maximum atomic E-state index is 10.5. The van der Waals surface area contributed by atoms with Crippen LogP contribution < -0.4 is 11.1 Å². The predicted molar refractivity (Wildman–Crippen MR) is 35.2 cm³/mol. The van der Waals surface area contributed by atoms with Crippen LogP contribution in [0.2, 0.25) is 0 Å². The molecule has 0 aromatic rings. The molecule has 10 heavy (non-hydrogen) atoms. The fourth-order valence-corrected chi connectivity index (χ4v) is 0.487. The smallest absolute Gasteiger partial charge is 0.234 e. The zero-order valence-corrected chi connectivity index (χ0v) is 5.83. The Morgan fingerprint density at radius 3 is 2.90 bits per heavy atom. The molecule has 0 fully saturated rings. The molecule has 0 bridgehead atoms. The average Bonchev–Trinajstić information content (AvgIpc) is 1.88. The van der Waals surface area contributed by atoms with E-state index in [-0.39, 0.29) is 25.1 Å². The van der Waals surface area contributed by atoms with Crippen molar-refractivity contribution in [2.24, 2.45) is 5.73 Å². The van der Waals surface area contributed by atoms with Crippen LogP contribution in [0, 0.1) is 0 Å². The quantitative estimate of drug-likeness (QED) is 0.350. The van der Waals surface area contributed by atoms with Crippen molar-refractivity contribution in [1.82, 2.24) is 5.32 Å². The second-order valence-corrected chi connectivity index (χ2v) is 1.97. The molecular formula is C5H12N2O3. The van der Waals surface area contributed by atoms with E-state index in [4.69, 9.17) is 11.0 Å². The monoisotopic (exact) mass is 148 g/mol. The van der Waals surface area contributed by atoms with Gasteiger partial charge in [0.1, 0.15) is 6.61 Å². The number of carbonyl (C=O) groups excluding carboxylic acids is 1. The molecule has 0 saturated carbocycles. The van der Waals surface area contributed by atoms with Crippen molar-refractivity contribution in [3.63, 3.8) is 0 Å². The van der Waals surface area contributed by atoms with Gasteiger partial charge in [0.05, 0.1) is 12.6 Å². The van der Waals surface area contributed by atoms with Crippen LogP contribution in [0.15, 0.2) is 0 Å². The van der Waals surface area contributed by atoms with Crippen LogP contribution in [0.25, 0.3) is 0 Å². The molecule has 0 radical (unpaired) electrons. The second kappa shape index (κ2) is 5.16. The first-order chi connectivity index (χ1) is 4.70. The third kappa shape index (κ3) is 4.25. The Labute approximate surface area is 59.1 Å². The molecule has 1 unspecified atom stereocenters. The third-order valence-electron chi connectivity index (χ3n) is 0.917. The molecule has 0 aliphatic rings. The van der Waals surface area contributed by atoms with Gasteiger partial charge in [-0.1, -0.05) is 0 Å². The highest BCUT2D eigenvalue weighted by Crippen LogP contribution is 1.80. The lowest BCUT2D eigenvalue weighted by molar-refractivity contribution is -0.245. The van der Waals surface area contributed by atoms with E-state index < -0.39 is 0 Å². The van der Waals surface area contributed by atoms with E-state index in [1.165, 1.54) is 0 Å². The van der Waals surface area contributed by atoms with Gasteiger partial charge in [-0.25, -0.2) is 4.89 Å². The summed E-state index contributed by atoms with van der Waals surface area (Å²) in [7, 11) is 0. The number of hydrogen-bond acceptors (Lipinski definition) is 4.